The number of halogens is 2. The van der Waals surface area contributed by atoms with Crippen LogP contribution in [0.3, 0.4) is 0 Å². The first-order valence-electron chi connectivity index (χ1n) is 8.24. The van der Waals surface area contributed by atoms with Crippen LogP contribution in [-0.2, 0) is 6.61 Å². The molecule has 1 N–H and O–H groups in total. The molecule has 0 saturated carbocycles. The summed E-state index contributed by atoms with van der Waals surface area (Å²) in [5.74, 6) is 1.24. The number of nitrogens with zero attached hydrogens (tertiary/aromatic N) is 1. The summed E-state index contributed by atoms with van der Waals surface area (Å²) >= 11 is 12.1. The predicted molar refractivity (Wildman–Crippen MR) is 111 cm³/mol. The largest absolute Gasteiger partial charge is 0.493 e. The Labute approximate surface area is 168 Å². The molecule has 4 nitrogen and oxygen atoms in total. The number of benzene rings is 3. The lowest BCUT2D eigenvalue weighted by atomic mass is 10.2. The van der Waals surface area contributed by atoms with Crippen LogP contribution in [0.4, 0.5) is 5.69 Å². The van der Waals surface area contributed by atoms with E-state index in [-0.39, 0.29) is 0 Å². The molecule has 3 rings (SSSR count). The van der Waals surface area contributed by atoms with E-state index in [1.54, 1.807) is 25.5 Å². The molecular formula is C21H18Cl2N2O2. The van der Waals surface area contributed by atoms with E-state index < -0.39 is 0 Å². The number of rotatable bonds is 7. The van der Waals surface area contributed by atoms with Crippen molar-refractivity contribution in [2.75, 3.05) is 12.5 Å². The average Bonchev–Trinajstić information content (AvgIpc) is 2.68. The number of hydrogen-bond donors (Lipinski definition) is 1. The summed E-state index contributed by atoms with van der Waals surface area (Å²) in [5, 5.41) is 5.39. The molecular weight excluding hydrogens is 383 g/mol. The van der Waals surface area contributed by atoms with Crippen molar-refractivity contribution in [3.05, 3.63) is 87.9 Å². The van der Waals surface area contributed by atoms with Gasteiger partial charge in [0.05, 0.1) is 19.0 Å². The van der Waals surface area contributed by atoms with Crippen LogP contribution in [0.25, 0.3) is 0 Å². The van der Waals surface area contributed by atoms with E-state index in [2.05, 4.69) is 10.5 Å². The van der Waals surface area contributed by atoms with E-state index in [9.17, 15) is 0 Å². The normalized spacial score (nSPS) is 10.8. The van der Waals surface area contributed by atoms with Crippen molar-refractivity contribution in [1.82, 2.24) is 0 Å². The molecule has 0 aromatic heterocycles. The molecule has 27 heavy (non-hydrogen) atoms. The van der Waals surface area contributed by atoms with Crippen LogP contribution in [0.1, 0.15) is 11.1 Å². The molecule has 0 radical (unpaired) electrons. The van der Waals surface area contributed by atoms with Gasteiger partial charge in [-0.1, -0.05) is 47.5 Å². The second kappa shape index (κ2) is 9.31. The molecule has 0 aliphatic heterocycles. The van der Waals surface area contributed by atoms with Gasteiger partial charge in [-0.15, -0.1) is 0 Å². The van der Waals surface area contributed by atoms with Crippen LogP contribution in [0.5, 0.6) is 11.5 Å². The maximum atomic E-state index is 6.18. The van der Waals surface area contributed by atoms with Crippen molar-refractivity contribution in [3.63, 3.8) is 0 Å². The summed E-state index contributed by atoms with van der Waals surface area (Å²) in [4.78, 5) is 0. The molecule has 3 aromatic carbocycles. The number of hydrogen-bond acceptors (Lipinski definition) is 4. The highest BCUT2D eigenvalue weighted by Gasteiger charge is 2.08. The standard InChI is InChI=1S/C21H18Cl2N2O2/c1-26-21-11-15(13-24-25-18-5-3-2-4-6-18)7-10-20(21)27-14-16-8-9-17(22)12-19(16)23/h2-13,25H,14H2,1H3/b24-13-. The lowest BCUT2D eigenvalue weighted by Crippen LogP contribution is -1.99. The van der Waals surface area contributed by atoms with Gasteiger partial charge >= 0.3 is 0 Å². The van der Waals surface area contributed by atoms with Gasteiger partial charge in [-0.3, -0.25) is 5.43 Å². The summed E-state index contributed by atoms with van der Waals surface area (Å²) in [6.07, 6.45) is 1.72. The van der Waals surface area contributed by atoms with Crippen LogP contribution in [0.15, 0.2) is 71.8 Å². The minimum Gasteiger partial charge on any atom is -0.493 e. The van der Waals surface area contributed by atoms with Crippen molar-refractivity contribution < 1.29 is 9.47 Å². The fourth-order valence-corrected chi connectivity index (χ4v) is 2.84. The second-order valence-electron chi connectivity index (χ2n) is 5.67. The monoisotopic (exact) mass is 400 g/mol. The number of nitrogens with one attached hydrogen (secondary N) is 1. The Hall–Kier alpha value is -2.69. The summed E-state index contributed by atoms with van der Waals surface area (Å²) in [7, 11) is 1.60. The van der Waals surface area contributed by atoms with E-state index in [0.717, 1.165) is 16.8 Å². The number of ether oxygens (including phenoxy) is 2. The van der Waals surface area contributed by atoms with Crippen LogP contribution < -0.4 is 14.9 Å². The number of para-hydroxylation sites is 1. The topological polar surface area (TPSA) is 42.8 Å². The first kappa shape index (κ1) is 19.1. The van der Waals surface area contributed by atoms with Gasteiger partial charge in [-0.25, -0.2) is 0 Å². The third kappa shape index (κ3) is 5.39. The van der Waals surface area contributed by atoms with Gasteiger partial charge in [0.2, 0.25) is 0 Å². The Morgan fingerprint density at radius 1 is 0.963 bits per heavy atom. The van der Waals surface area contributed by atoms with Crippen molar-refractivity contribution in [2.24, 2.45) is 5.10 Å². The van der Waals surface area contributed by atoms with Crippen molar-refractivity contribution in [2.45, 2.75) is 6.61 Å². The summed E-state index contributed by atoms with van der Waals surface area (Å²) in [6.45, 7) is 0.315. The first-order valence-corrected chi connectivity index (χ1v) is 9.00. The Morgan fingerprint density at radius 2 is 1.78 bits per heavy atom. The molecule has 0 heterocycles. The first-order chi connectivity index (χ1) is 13.2. The molecule has 0 unspecified atom stereocenters. The lowest BCUT2D eigenvalue weighted by molar-refractivity contribution is 0.284. The van der Waals surface area contributed by atoms with Gasteiger partial charge in [-0.2, -0.15) is 5.10 Å². The Bertz CT molecular complexity index is 931. The van der Waals surface area contributed by atoms with Crippen LogP contribution in [-0.4, -0.2) is 13.3 Å². The van der Waals surface area contributed by atoms with E-state index >= 15 is 0 Å². The van der Waals surface area contributed by atoms with E-state index in [4.69, 9.17) is 32.7 Å². The molecule has 3 aromatic rings. The molecule has 6 heteroatoms. The minimum absolute atomic E-state index is 0.315. The van der Waals surface area contributed by atoms with Crippen LogP contribution in [0.2, 0.25) is 10.0 Å². The quantitative estimate of drug-likeness (QED) is 0.389. The SMILES string of the molecule is COc1cc(/C=N\Nc2ccccc2)ccc1OCc1ccc(Cl)cc1Cl. The van der Waals surface area contributed by atoms with Gasteiger partial charge < -0.3 is 9.47 Å². The zero-order chi connectivity index (χ0) is 19.1. The minimum atomic E-state index is 0.315. The molecule has 0 fully saturated rings. The zero-order valence-corrected chi connectivity index (χ0v) is 16.2. The molecule has 0 aliphatic rings. The van der Waals surface area contributed by atoms with E-state index in [1.165, 1.54) is 0 Å². The third-order valence-electron chi connectivity index (χ3n) is 3.77. The highest BCUT2D eigenvalue weighted by atomic mass is 35.5. The van der Waals surface area contributed by atoms with E-state index in [1.807, 2.05) is 54.6 Å². The molecule has 0 aliphatic carbocycles. The number of hydrazone groups is 1. The maximum absolute atomic E-state index is 6.18. The fraction of sp³-hybridized carbons (Fsp3) is 0.0952. The van der Waals surface area contributed by atoms with Crippen molar-refractivity contribution >= 4 is 35.1 Å². The molecule has 0 bridgehead atoms. The van der Waals surface area contributed by atoms with Gasteiger partial charge in [0, 0.05) is 15.6 Å². The number of anilines is 1. The highest BCUT2D eigenvalue weighted by Crippen LogP contribution is 2.29. The van der Waals surface area contributed by atoms with Crippen molar-refractivity contribution in [1.29, 1.82) is 0 Å². The lowest BCUT2D eigenvalue weighted by Gasteiger charge is -2.12. The Kier molecular flexibility index (Phi) is 6.58. The predicted octanol–water partition coefficient (Wildman–Crippen LogP) is 6.03. The van der Waals surface area contributed by atoms with E-state index in [0.29, 0.717) is 28.2 Å². The fourth-order valence-electron chi connectivity index (χ4n) is 2.37. The molecule has 138 valence electrons. The Balaban J connectivity index is 1.66. The Morgan fingerprint density at radius 3 is 2.52 bits per heavy atom. The van der Waals surface area contributed by atoms with Crippen LogP contribution >= 0.6 is 23.2 Å². The zero-order valence-electron chi connectivity index (χ0n) is 14.7. The summed E-state index contributed by atoms with van der Waals surface area (Å²) in [6, 6.07) is 20.6. The molecule has 0 atom stereocenters. The van der Waals surface area contributed by atoms with Gasteiger partial charge in [0.25, 0.3) is 0 Å². The molecule has 0 spiro atoms. The molecule has 0 saturated heterocycles. The highest BCUT2D eigenvalue weighted by molar-refractivity contribution is 6.35. The number of methoxy groups -OCH3 is 1. The van der Waals surface area contributed by atoms with Crippen LogP contribution in [0, 0.1) is 0 Å². The molecule has 0 amide bonds. The van der Waals surface area contributed by atoms with Gasteiger partial charge in [-0.05, 0) is 48.0 Å². The van der Waals surface area contributed by atoms with Gasteiger partial charge in [0.15, 0.2) is 11.5 Å². The summed E-state index contributed by atoms with van der Waals surface area (Å²) in [5.41, 5.74) is 5.62. The third-order valence-corrected chi connectivity index (χ3v) is 4.35. The second-order valence-corrected chi connectivity index (χ2v) is 6.51. The summed E-state index contributed by atoms with van der Waals surface area (Å²) < 4.78 is 11.3. The van der Waals surface area contributed by atoms with Crippen molar-refractivity contribution in [3.8, 4) is 11.5 Å². The van der Waals surface area contributed by atoms with Gasteiger partial charge in [0.1, 0.15) is 6.61 Å². The average molecular weight is 401 g/mol. The smallest absolute Gasteiger partial charge is 0.161 e. The maximum Gasteiger partial charge on any atom is 0.161 e.